The van der Waals surface area contributed by atoms with Crippen LogP contribution in [0.1, 0.15) is 32.4 Å². The number of nitrogens with zero attached hydrogens (tertiary/aromatic N) is 2. The average molecular weight is 269 g/mol. The van der Waals surface area contributed by atoms with Crippen LogP contribution in [-0.4, -0.2) is 29.2 Å². The standard InChI is InChI=1S/C13H27N3OSi/c1-13(2,18(3,4)17)7-6-12-10-16(11-15-12)9-5-8-14/h10-11,17H,5-9,14H2,1-4H3. The summed E-state index contributed by atoms with van der Waals surface area (Å²) in [6.45, 7) is 9.98. The Morgan fingerprint density at radius 1 is 1.44 bits per heavy atom. The molecule has 0 atom stereocenters. The molecule has 0 aromatic carbocycles. The lowest BCUT2D eigenvalue weighted by molar-refractivity contribution is 0.450. The highest BCUT2D eigenvalue weighted by molar-refractivity contribution is 6.72. The number of hydrogen-bond donors (Lipinski definition) is 2. The summed E-state index contributed by atoms with van der Waals surface area (Å²) in [7, 11) is -2.10. The van der Waals surface area contributed by atoms with Crippen molar-refractivity contribution in [1.82, 2.24) is 9.55 Å². The third-order valence-electron chi connectivity index (χ3n) is 3.97. The minimum Gasteiger partial charge on any atom is -0.432 e. The van der Waals surface area contributed by atoms with E-state index in [0.717, 1.165) is 31.5 Å². The molecule has 5 heteroatoms. The maximum atomic E-state index is 10.2. The lowest BCUT2D eigenvalue weighted by atomic mass is 10.1. The molecular weight excluding hydrogens is 242 g/mol. The van der Waals surface area contributed by atoms with E-state index in [1.54, 1.807) is 0 Å². The van der Waals surface area contributed by atoms with Crippen LogP contribution in [-0.2, 0) is 13.0 Å². The third kappa shape index (κ3) is 4.22. The number of hydrogen-bond acceptors (Lipinski definition) is 3. The first-order valence-corrected chi connectivity index (χ1v) is 9.64. The Balaban J connectivity index is 2.51. The summed E-state index contributed by atoms with van der Waals surface area (Å²) in [5.74, 6) is 0. The van der Waals surface area contributed by atoms with Gasteiger partial charge < -0.3 is 15.1 Å². The number of rotatable bonds is 7. The molecule has 0 spiro atoms. The fourth-order valence-corrected chi connectivity index (χ4v) is 2.41. The molecule has 104 valence electrons. The maximum Gasteiger partial charge on any atom is 0.188 e. The van der Waals surface area contributed by atoms with E-state index < -0.39 is 8.32 Å². The van der Waals surface area contributed by atoms with Crippen LogP contribution in [0.2, 0.25) is 18.1 Å². The molecule has 0 fully saturated rings. The van der Waals surface area contributed by atoms with Crippen molar-refractivity contribution < 1.29 is 4.80 Å². The molecule has 3 N–H and O–H groups in total. The molecule has 0 aliphatic carbocycles. The SMILES string of the molecule is CC(C)(CCc1cn(CCCN)cn1)[Si](C)(C)O. The van der Waals surface area contributed by atoms with E-state index in [1.165, 1.54) is 0 Å². The molecule has 1 aromatic heterocycles. The van der Waals surface area contributed by atoms with Crippen molar-refractivity contribution in [2.24, 2.45) is 5.73 Å². The first kappa shape index (κ1) is 15.4. The van der Waals surface area contributed by atoms with E-state index in [1.807, 2.05) is 19.4 Å². The molecule has 0 saturated carbocycles. The minimum atomic E-state index is -2.10. The van der Waals surface area contributed by atoms with Crippen molar-refractivity contribution in [1.29, 1.82) is 0 Å². The van der Waals surface area contributed by atoms with Gasteiger partial charge in [-0.2, -0.15) is 0 Å². The van der Waals surface area contributed by atoms with E-state index >= 15 is 0 Å². The Bertz CT molecular complexity index is 369. The molecule has 0 aliphatic heterocycles. The van der Waals surface area contributed by atoms with Crippen molar-refractivity contribution in [3.05, 3.63) is 18.2 Å². The molecule has 0 saturated heterocycles. The molecule has 1 rings (SSSR count). The van der Waals surface area contributed by atoms with Gasteiger partial charge in [0.2, 0.25) is 0 Å². The van der Waals surface area contributed by atoms with Gasteiger partial charge in [-0.1, -0.05) is 13.8 Å². The Hall–Kier alpha value is -0.653. The molecule has 18 heavy (non-hydrogen) atoms. The van der Waals surface area contributed by atoms with Crippen LogP contribution in [0.25, 0.3) is 0 Å². The molecular formula is C13H27N3OSi. The van der Waals surface area contributed by atoms with E-state index in [9.17, 15) is 4.80 Å². The van der Waals surface area contributed by atoms with Crippen molar-refractivity contribution in [3.8, 4) is 0 Å². The second kappa shape index (κ2) is 5.99. The van der Waals surface area contributed by atoms with Crippen LogP contribution in [0.3, 0.4) is 0 Å². The Labute approximate surface area is 111 Å². The van der Waals surface area contributed by atoms with E-state index in [0.29, 0.717) is 6.54 Å². The van der Waals surface area contributed by atoms with Crippen molar-refractivity contribution in [3.63, 3.8) is 0 Å². The summed E-state index contributed by atoms with van der Waals surface area (Å²) in [5, 5.41) is 0.0219. The second-order valence-electron chi connectivity index (χ2n) is 6.19. The minimum absolute atomic E-state index is 0.0219. The van der Waals surface area contributed by atoms with Gasteiger partial charge in [-0.15, -0.1) is 0 Å². The predicted octanol–water partition coefficient (Wildman–Crippen LogP) is 2.14. The predicted molar refractivity (Wildman–Crippen MR) is 78.0 cm³/mol. The van der Waals surface area contributed by atoms with E-state index in [4.69, 9.17) is 5.73 Å². The molecule has 0 bridgehead atoms. The molecule has 1 heterocycles. The van der Waals surface area contributed by atoms with Crippen molar-refractivity contribution in [2.45, 2.75) is 57.8 Å². The van der Waals surface area contributed by atoms with E-state index in [-0.39, 0.29) is 5.04 Å². The number of aryl methyl sites for hydroxylation is 2. The molecule has 1 aromatic rings. The fourth-order valence-electron chi connectivity index (χ4n) is 1.68. The smallest absolute Gasteiger partial charge is 0.188 e. The normalized spacial score (nSPS) is 13.0. The quantitative estimate of drug-likeness (QED) is 0.745. The summed E-state index contributed by atoms with van der Waals surface area (Å²) in [4.78, 5) is 14.7. The molecule has 0 aliphatic rings. The van der Waals surface area contributed by atoms with Gasteiger partial charge in [0, 0.05) is 12.7 Å². The average Bonchev–Trinajstić information content (AvgIpc) is 2.70. The fraction of sp³-hybridized carbons (Fsp3) is 0.769. The zero-order valence-electron chi connectivity index (χ0n) is 12.1. The summed E-state index contributed by atoms with van der Waals surface area (Å²) in [6, 6.07) is 0. The van der Waals surface area contributed by atoms with Gasteiger partial charge in [0.15, 0.2) is 8.32 Å². The summed E-state index contributed by atoms with van der Waals surface area (Å²) in [5.41, 5.74) is 6.60. The van der Waals surface area contributed by atoms with Gasteiger partial charge >= 0.3 is 0 Å². The summed E-state index contributed by atoms with van der Waals surface area (Å²) < 4.78 is 2.09. The van der Waals surface area contributed by atoms with Crippen LogP contribution in [0.15, 0.2) is 12.5 Å². The van der Waals surface area contributed by atoms with Gasteiger partial charge in [0.25, 0.3) is 0 Å². The summed E-state index contributed by atoms with van der Waals surface area (Å²) >= 11 is 0. The largest absolute Gasteiger partial charge is 0.432 e. The zero-order chi connectivity index (χ0) is 13.8. The number of nitrogens with two attached hydrogens (primary N) is 1. The van der Waals surface area contributed by atoms with Crippen LogP contribution in [0.5, 0.6) is 0 Å². The Morgan fingerprint density at radius 2 is 2.11 bits per heavy atom. The van der Waals surface area contributed by atoms with Gasteiger partial charge in [-0.05, 0) is 43.9 Å². The van der Waals surface area contributed by atoms with Gasteiger partial charge in [-0.3, -0.25) is 0 Å². The highest BCUT2D eigenvalue weighted by atomic mass is 28.4. The molecule has 0 amide bonds. The van der Waals surface area contributed by atoms with Crippen LogP contribution in [0.4, 0.5) is 0 Å². The third-order valence-corrected chi connectivity index (χ3v) is 7.53. The van der Waals surface area contributed by atoms with Crippen LogP contribution >= 0.6 is 0 Å². The first-order chi connectivity index (χ1) is 8.26. The topological polar surface area (TPSA) is 64.1 Å². The zero-order valence-corrected chi connectivity index (χ0v) is 13.1. The lowest BCUT2D eigenvalue weighted by Gasteiger charge is -2.34. The Kier molecular flexibility index (Phi) is 5.13. The highest BCUT2D eigenvalue weighted by Crippen LogP contribution is 2.39. The maximum absolute atomic E-state index is 10.2. The second-order valence-corrected chi connectivity index (χ2v) is 10.7. The highest BCUT2D eigenvalue weighted by Gasteiger charge is 2.37. The number of aromatic nitrogens is 2. The van der Waals surface area contributed by atoms with Crippen LogP contribution in [0, 0.1) is 0 Å². The Morgan fingerprint density at radius 3 is 2.67 bits per heavy atom. The molecule has 0 radical (unpaired) electrons. The first-order valence-electron chi connectivity index (χ1n) is 6.69. The molecule has 4 nitrogen and oxygen atoms in total. The molecule has 0 unspecified atom stereocenters. The number of imidazole rings is 1. The summed E-state index contributed by atoms with van der Waals surface area (Å²) in [6.07, 6.45) is 6.87. The van der Waals surface area contributed by atoms with Gasteiger partial charge in [-0.25, -0.2) is 4.98 Å². The van der Waals surface area contributed by atoms with Gasteiger partial charge in [0.05, 0.1) is 12.0 Å². The lowest BCUT2D eigenvalue weighted by Crippen LogP contribution is -2.39. The van der Waals surface area contributed by atoms with Crippen LogP contribution < -0.4 is 5.73 Å². The monoisotopic (exact) mass is 269 g/mol. The van der Waals surface area contributed by atoms with Crippen molar-refractivity contribution >= 4 is 8.32 Å². The van der Waals surface area contributed by atoms with Crippen molar-refractivity contribution in [2.75, 3.05) is 6.54 Å². The van der Waals surface area contributed by atoms with E-state index in [2.05, 4.69) is 29.6 Å². The van der Waals surface area contributed by atoms with Gasteiger partial charge in [0.1, 0.15) is 0 Å².